The standard InChI is InChI=1S/C14H18ClNO3/c1-18-12-6-10(7-13(8-12)19-2)14(17)16-5-3-4-11(15)9-16/h6-8,11H,3-5,9H2,1-2H3. The lowest BCUT2D eigenvalue weighted by molar-refractivity contribution is 0.0726. The van der Waals surface area contributed by atoms with Crippen LogP contribution >= 0.6 is 11.6 Å². The van der Waals surface area contributed by atoms with E-state index in [1.165, 1.54) is 0 Å². The van der Waals surface area contributed by atoms with Crippen LogP contribution in [0.2, 0.25) is 0 Å². The van der Waals surface area contributed by atoms with Crippen LogP contribution in [-0.2, 0) is 0 Å². The first-order valence-electron chi connectivity index (χ1n) is 6.30. The second-order valence-corrected chi connectivity index (χ2v) is 5.21. The molecule has 1 aromatic carbocycles. The maximum atomic E-state index is 12.4. The molecule has 104 valence electrons. The molecule has 0 radical (unpaired) electrons. The summed E-state index contributed by atoms with van der Waals surface area (Å²) in [5.74, 6) is 1.20. The van der Waals surface area contributed by atoms with Gasteiger partial charge in [0.1, 0.15) is 11.5 Å². The smallest absolute Gasteiger partial charge is 0.254 e. The van der Waals surface area contributed by atoms with E-state index in [2.05, 4.69) is 0 Å². The lowest BCUT2D eigenvalue weighted by Gasteiger charge is -2.30. The minimum Gasteiger partial charge on any atom is -0.497 e. The van der Waals surface area contributed by atoms with Crippen molar-refractivity contribution in [3.05, 3.63) is 23.8 Å². The van der Waals surface area contributed by atoms with Crippen molar-refractivity contribution in [2.45, 2.75) is 18.2 Å². The summed E-state index contributed by atoms with van der Waals surface area (Å²) in [4.78, 5) is 14.2. The second kappa shape index (κ2) is 6.15. The Hall–Kier alpha value is -1.42. The minimum absolute atomic E-state index is 0.0254. The van der Waals surface area contributed by atoms with Crippen LogP contribution in [0.15, 0.2) is 18.2 Å². The molecule has 4 nitrogen and oxygen atoms in total. The van der Waals surface area contributed by atoms with E-state index >= 15 is 0 Å². The highest BCUT2D eigenvalue weighted by Gasteiger charge is 2.23. The van der Waals surface area contributed by atoms with E-state index in [1.54, 1.807) is 37.3 Å². The third-order valence-corrected chi connectivity index (χ3v) is 3.61. The average molecular weight is 284 g/mol. The van der Waals surface area contributed by atoms with Crippen LogP contribution in [0.25, 0.3) is 0 Å². The first-order valence-corrected chi connectivity index (χ1v) is 6.74. The zero-order valence-corrected chi connectivity index (χ0v) is 11.9. The Labute approximate surface area is 118 Å². The van der Waals surface area contributed by atoms with E-state index in [4.69, 9.17) is 21.1 Å². The molecule has 1 fully saturated rings. The molecule has 1 heterocycles. The number of rotatable bonds is 3. The normalized spacial score (nSPS) is 19.1. The van der Waals surface area contributed by atoms with E-state index in [-0.39, 0.29) is 11.3 Å². The third kappa shape index (κ3) is 3.32. The molecule has 0 bridgehead atoms. The topological polar surface area (TPSA) is 38.8 Å². The van der Waals surface area contributed by atoms with Crippen molar-refractivity contribution in [3.8, 4) is 11.5 Å². The number of hydrogen-bond donors (Lipinski definition) is 0. The molecule has 1 aliphatic rings. The molecule has 1 aliphatic heterocycles. The largest absolute Gasteiger partial charge is 0.497 e. The van der Waals surface area contributed by atoms with Crippen LogP contribution in [0.3, 0.4) is 0 Å². The van der Waals surface area contributed by atoms with Crippen molar-refractivity contribution in [2.75, 3.05) is 27.3 Å². The summed E-state index contributed by atoms with van der Waals surface area (Å²) in [7, 11) is 3.14. The van der Waals surface area contributed by atoms with Gasteiger partial charge in [-0.25, -0.2) is 0 Å². The van der Waals surface area contributed by atoms with Crippen LogP contribution < -0.4 is 9.47 Å². The molecule has 0 spiro atoms. The number of alkyl halides is 1. The number of benzene rings is 1. The predicted octanol–water partition coefficient (Wildman–Crippen LogP) is 2.55. The highest BCUT2D eigenvalue weighted by atomic mass is 35.5. The van der Waals surface area contributed by atoms with Crippen molar-refractivity contribution in [3.63, 3.8) is 0 Å². The van der Waals surface area contributed by atoms with Crippen molar-refractivity contribution in [1.29, 1.82) is 0 Å². The summed E-state index contributed by atoms with van der Waals surface area (Å²) in [5, 5.41) is 0.0465. The van der Waals surface area contributed by atoms with Crippen molar-refractivity contribution in [1.82, 2.24) is 4.90 Å². The van der Waals surface area contributed by atoms with Gasteiger partial charge in [-0.05, 0) is 25.0 Å². The Morgan fingerprint density at radius 3 is 2.42 bits per heavy atom. The zero-order valence-electron chi connectivity index (χ0n) is 11.2. The monoisotopic (exact) mass is 283 g/mol. The number of likely N-dealkylation sites (tertiary alicyclic amines) is 1. The van der Waals surface area contributed by atoms with Crippen LogP contribution in [0.1, 0.15) is 23.2 Å². The molecule has 1 aromatic rings. The fourth-order valence-corrected chi connectivity index (χ4v) is 2.54. The van der Waals surface area contributed by atoms with Gasteiger partial charge in [0.25, 0.3) is 5.91 Å². The van der Waals surface area contributed by atoms with Crippen molar-refractivity contribution >= 4 is 17.5 Å². The number of carbonyl (C=O) groups excluding carboxylic acids is 1. The summed E-state index contributed by atoms with van der Waals surface area (Å²) in [6.07, 6.45) is 1.91. The van der Waals surface area contributed by atoms with Crippen LogP contribution in [0.4, 0.5) is 0 Å². The van der Waals surface area contributed by atoms with Gasteiger partial charge in [-0.2, -0.15) is 0 Å². The molecule has 1 unspecified atom stereocenters. The SMILES string of the molecule is COc1cc(OC)cc(C(=O)N2CCCC(Cl)C2)c1. The molecular formula is C14H18ClNO3. The molecule has 1 amide bonds. The van der Waals surface area contributed by atoms with Crippen molar-refractivity contribution < 1.29 is 14.3 Å². The number of amides is 1. The Morgan fingerprint density at radius 1 is 1.26 bits per heavy atom. The minimum atomic E-state index is -0.0254. The highest BCUT2D eigenvalue weighted by Crippen LogP contribution is 2.25. The summed E-state index contributed by atoms with van der Waals surface area (Å²) < 4.78 is 10.4. The van der Waals surface area contributed by atoms with E-state index in [0.717, 1.165) is 19.4 Å². The molecular weight excluding hydrogens is 266 g/mol. The zero-order chi connectivity index (χ0) is 13.8. The van der Waals surface area contributed by atoms with Crippen molar-refractivity contribution in [2.24, 2.45) is 0 Å². The van der Waals surface area contributed by atoms with Gasteiger partial charge in [0.15, 0.2) is 0 Å². The summed E-state index contributed by atoms with van der Waals surface area (Å²) in [5.41, 5.74) is 0.571. The number of ether oxygens (including phenoxy) is 2. The third-order valence-electron chi connectivity index (χ3n) is 3.25. The van der Waals surface area contributed by atoms with Gasteiger partial charge in [-0.1, -0.05) is 0 Å². The predicted molar refractivity (Wildman–Crippen MR) is 74.3 cm³/mol. The number of methoxy groups -OCH3 is 2. The second-order valence-electron chi connectivity index (χ2n) is 4.59. The Kier molecular flexibility index (Phi) is 4.53. The van der Waals surface area contributed by atoms with E-state index in [1.807, 2.05) is 0 Å². The fraction of sp³-hybridized carbons (Fsp3) is 0.500. The number of halogens is 1. The summed E-state index contributed by atoms with van der Waals surface area (Å²) in [6.45, 7) is 1.35. The number of hydrogen-bond acceptors (Lipinski definition) is 3. The van der Waals surface area contributed by atoms with Gasteiger partial charge >= 0.3 is 0 Å². The quantitative estimate of drug-likeness (QED) is 0.800. The first kappa shape index (κ1) is 14.0. The lowest BCUT2D eigenvalue weighted by Crippen LogP contribution is -2.40. The van der Waals surface area contributed by atoms with Crippen LogP contribution in [-0.4, -0.2) is 43.5 Å². The Balaban J connectivity index is 2.22. The molecule has 5 heteroatoms. The lowest BCUT2D eigenvalue weighted by atomic mass is 10.1. The molecule has 2 rings (SSSR count). The van der Waals surface area contributed by atoms with Gasteiger partial charge in [0, 0.05) is 24.7 Å². The molecule has 1 atom stereocenters. The van der Waals surface area contributed by atoms with Gasteiger partial charge in [-0.3, -0.25) is 4.79 Å². The van der Waals surface area contributed by atoms with E-state index in [0.29, 0.717) is 23.6 Å². The fourth-order valence-electron chi connectivity index (χ4n) is 2.22. The maximum absolute atomic E-state index is 12.4. The number of piperidine rings is 1. The molecule has 19 heavy (non-hydrogen) atoms. The van der Waals surface area contributed by atoms with E-state index < -0.39 is 0 Å². The summed E-state index contributed by atoms with van der Waals surface area (Å²) in [6, 6.07) is 5.20. The molecule has 0 saturated carbocycles. The highest BCUT2D eigenvalue weighted by molar-refractivity contribution is 6.21. The average Bonchev–Trinajstić information content (AvgIpc) is 2.45. The van der Waals surface area contributed by atoms with Crippen LogP contribution in [0.5, 0.6) is 11.5 Å². The molecule has 1 saturated heterocycles. The summed E-state index contributed by atoms with van der Waals surface area (Å²) >= 11 is 6.12. The maximum Gasteiger partial charge on any atom is 0.254 e. The Bertz CT molecular complexity index is 442. The van der Waals surface area contributed by atoms with E-state index in [9.17, 15) is 4.79 Å². The Morgan fingerprint density at radius 2 is 1.89 bits per heavy atom. The first-order chi connectivity index (χ1) is 9.13. The molecule has 0 aromatic heterocycles. The number of nitrogens with zero attached hydrogens (tertiary/aromatic N) is 1. The van der Waals surface area contributed by atoms with Gasteiger partial charge in [0.2, 0.25) is 0 Å². The van der Waals surface area contributed by atoms with Gasteiger partial charge in [-0.15, -0.1) is 11.6 Å². The van der Waals surface area contributed by atoms with Gasteiger partial charge < -0.3 is 14.4 Å². The number of carbonyl (C=O) groups is 1. The van der Waals surface area contributed by atoms with Gasteiger partial charge in [0.05, 0.1) is 19.6 Å². The molecule has 0 aliphatic carbocycles. The molecule has 0 N–H and O–H groups in total. The van der Waals surface area contributed by atoms with Crippen LogP contribution in [0, 0.1) is 0 Å².